The topological polar surface area (TPSA) is 72.6 Å². The molecule has 1 unspecified atom stereocenters. The standard InChI is InChI=1S/C14H24N2O3S/c1-5-11(3)10-16(6-2)20(17,18)14-8-7-12(19-4)9-13(14)15/h7-9,11H,5-6,10,15H2,1-4H3. The normalized spacial score (nSPS) is 13.4. The molecule has 0 aromatic heterocycles. The summed E-state index contributed by atoms with van der Waals surface area (Å²) in [4.78, 5) is 0.142. The lowest BCUT2D eigenvalue weighted by atomic mass is 10.1. The van der Waals surface area contributed by atoms with Crippen molar-refractivity contribution in [3.05, 3.63) is 18.2 Å². The molecule has 0 amide bonds. The monoisotopic (exact) mass is 300 g/mol. The summed E-state index contributed by atoms with van der Waals surface area (Å²) < 4.78 is 31.8. The van der Waals surface area contributed by atoms with Gasteiger partial charge in [0.05, 0.1) is 12.8 Å². The molecule has 1 rings (SSSR count). The number of benzene rings is 1. The summed E-state index contributed by atoms with van der Waals surface area (Å²) in [5, 5.41) is 0. The first-order valence-electron chi connectivity index (χ1n) is 6.80. The molecule has 0 spiro atoms. The number of nitrogen functional groups attached to an aromatic ring is 1. The Morgan fingerprint density at radius 3 is 2.45 bits per heavy atom. The van der Waals surface area contributed by atoms with E-state index in [1.54, 1.807) is 6.07 Å². The zero-order valence-corrected chi connectivity index (χ0v) is 13.4. The summed E-state index contributed by atoms with van der Waals surface area (Å²) in [5.74, 6) is 0.857. The van der Waals surface area contributed by atoms with Gasteiger partial charge in [-0.3, -0.25) is 0 Å². The highest BCUT2D eigenvalue weighted by Crippen LogP contribution is 2.27. The van der Waals surface area contributed by atoms with E-state index in [2.05, 4.69) is 0 Å². The Kier molecular flexibility index (Phi) is 5.83. The number of ether oxygens (including phenoxy) is 1. The van der Waals surface area contributed by atoms with Crippen molar-refractivity contribution < 1.29 is 13.2 Å². The summed E-state index contributed by atoms with van der Waals surface area (Å²) in [6, 6.07) is 4.65. The Morgan fingerprint density at radius 2 is 2.00 bits per heavy atom. The third-order valence-corrected chi connectivity index (χ3v) is 5.41. The van der Waals surface area contributed by atoms with Gasteiger partial charge in [0.25, 0.3) is 0 Å². The molecule has 1 aromatic rings. The van der Waals surface area contributed by atoms with Gasteiger partial charge in [0.1, 0.15) is 10.6 Å². The largest absolute Gasteiger partial charge is 0.497 e. The van der Waals surface area contributed by atoms with Crippen LogP contribution in [-0.2, 0) is 10.0 Å². The van der Waals surface area contributed by atoms with Gasteiger partial charge >= 0.3 is 0 Å². The summed E-state index contributed by atoms with van der Waals surface area (Å²) >= 11 is 0. The van der Waals surface area contributed by atoms with Crippen molar-refractivity contribution in [1.29, 1.82) is 0 Å². The van der Waals surface area contributed by atoms with Gasteiger partial charge in [-0.15, -0.1) is 0 Å². The maximum atomic E-state index is 12.6. The molecule has 114 valence electrons. The van der Waals surface area contributed by atoms with Crippen LogP contribution in [0.25, 0.3) is 0 Å². The molecule has 0 radical (unpaired) electrons. The van der Waals surface area contributed by atoms with E-state index >= 15 is 0 Å². The van der Waals surface area contributed by atoms with Crippen molar-refractivity contribution >= 4 is 15.7 Å². The van der Waals surface area contributed by atoms with E-state index < -0.39 is 10.0 Å². The number of nitrogens with two attached hydrogens (primary N) is 1. The molecule has 0 aliphatic rings. The highest BCUT2D eigenvalue weighted by Gasteiger charge is 2.26. The number of hydrogen-bond donors (Lipinski definition) is 1. The van der Waals surface area contributed by atoms with Gasteiger partial charge in [-0.05, 0) is 18.1 Å². The summed E-state index contributed by atoms with van der Waals surface area (Å²) in [7, 11) is -2.04. The van der Waals surface area contributed by atoms with Gasteiger partial charge in [0.2, 0.25) is 10.0 Å². The molecule has 1 aromatic carbocycles. The van der Waals surface area contributed by atoms with E-state index in [4.69, 9.17) is 10.5 Å². The summed E-state index contributed by atoms with van der Waals surface area (Å²) in [6.45, 7) is 6.85. The molecule has 6 heteroatoms. The van der Waals surface area contributed by atoms with Crippen LogP contribution in [0.2, 0.25) is 0 Å². The van der Waals surface area contributed by atoms with E-state index in [1.807, 2.05) is 20.8 Å². The van der Waals surface area contributed by atoms with Crippen LogP contribution in [0, 0.1) is 5.92 Å². The number of rotatable bonds is 7. The van der Waals surface area contributed by atoms with Crippen molar-refractivity contribution in [2.24, 2.45) is 5.92 Å². The van der Waals surface area contributed by atoms with Crippen LogP contribution < -0.4 is 10.5 Å². The Labute approximate surface area is 121 Å². The second-order valence-electron chi connectivity index (χ2n) is 4.87. The fourth-order valence-electron chi connectivity index (χ4n) is 1.90. The minimum atomic E-state index is -3.56. The van der Waals surface area contributed by atoms with E-state index in [-0.39, 0.29) is 10.6 Å². The maximum absolute atomic E-state index is 12.6. The van der Waals surface area contributed by atoms with Crippen molar-refractivity contribution in [1.82, 2.24) is 4.31 Å². The zero-order chi connectivity index (χ0) is 15.3. The maximum Gasteiger partial charge on any atom is 0.245 e. The van der Waals surface area contributed by atoms with Crippen LogP contribution in [-0.4, -0.2) is 32.9 Å². The Hall–Kier alpha value is -1.27. The van der Waals surface area contributed by atoms with Crippen LogP contribution in [0.5, 0.6) is 5.75 Å². The predicted molar refractivity (Wildman–Crippen MR) is 81.3 cm³/mol. The highest BCUT2D eigenvalue weighted by molar-refractivity contribution is 7.89. The first kappa shape index (κ1) is 16.8. The first-order valence-corrected chi connectivity index (χ1v) is 8.24. The fraction of sp³-hybridized carbons (Fsp3) is 0.571. The van der Waals surface area contributed by atoms with Crippen LogP contribution in [0.1, 0.15) is 27.2 Å². The van der Waals surface area contributed by atoms with Gasteiger partial charge in [0, 0.05) is 19.2 Å². The van der Waals surface area contributed by atoms with Crippen LogP contribution in [0.15, 0.2) is 23.1 Å². The third-order valence-electron chi connectivity index (χ3n) is 3.40. The quantitative estimate of drug-likeness (QED) is 0.784. The molecule has 0 fully saturated rings. The van der Waals surface area contributed by atoms with Gasteiger partial charge in [-0.1, -0.05) is 27.2 Å². The molecular formula is C14H24N2O3S. The Balaban J connectivity index is 3.14. The van der Waals surface area contributed by atoms with Crippen LogP contribution >= 0.6 is 0 Å². The van der Waals surface area contributed by atoms with Crippen molar-refractivity contribution in [3.8, 4) is 5.75 Å². The minimum Gasteiger partial charge on any atom is -0.497 e. The van der Waals surface area contributed by atoms with Gasteiger partial charge < -0.3 is 10.5 Å². The van der Waals surface area contributed by atoms with Crippen LogP contribution in [0.3, 0.4) is 0 Å². The van der Waals surface area contributed by atoms with Crippen molar-refractivity contribution in [3.63, 3.8) is 0 Å². The molecule has 1 atom stereocenters. The summed E-state index contributed by atoms with van der Waals surface area (Å²) in [6.07, 6.45) is 0.935. The molecule has 0 bridgehead atoms. The zero-order valence-electron chi connectivity index (χ0n) is 12.6. The first-order chi connectivity index (χ1) is 9.36. The fourth-order valence-corrected chi connectivity index (χ4v) is 3.57. The highest BCUT2D eigenvalue weighted by atomic mass is 32.2. The predicted octanol–water partition coefficient (Wildman–Crippen LogP) is 2.33. The number of anilines is 1. The molecule has 2 N–H and O–H groups in total. The van der Waals surface area contributed by atoms with Crippen molar-refractivity contribution in [2.75, 3.05) is 25.9 Å². The smallest absolute Gasteiger partial charge is 0.245 e. The van der Waals surface area contributed by atoms with E-state index in [1.165, 1.54) is 23.5 Å². The lowest BCUT2D eigenvalue weighted by molar-refractivity contribution is 0.361. The third kappa shape index (κ3) is 3.64. The van der Waals surface area contributed by atoms with E-state index in [0.717, 1.165) is 6.42 Å². The Morgan fingerprint density at radius 1 is 1.35 bits per heavy atom. The molecular weight excluding hydrogens is 276 g/mol. The van der Waals surface area contributed by atoms with E-state index in [0.29, 0.717) is 24.8 Å². The second kappa shape index (κ2) is 6.95. The molecule has 0 aliphatic carbocycles. The lowest BCUT2D eigenvalue weighted by Crippen LogP contribution is -2.34. The average molecular weight is 300 g/mol. The number of sulfonamides is 1. The number of methoxy groups -OCH3 is 1. The average Bonchev–Trinajstić information content (AvgIpc) is 2.43. The number of nitrogens with zero attached hydrogens (tertiary/aromatic N) is 1. The molecule has 0 heterocycles. The van der Waals surface area contributed by atoms with Gasteiger partial charge in [0.15, 0.2) is 0 Å². The molecule has 0 saturated carbocycles. The van der Waals surface area contributed by atoms with Crippen LogP contribution in [0.4, 0.5) is 5.69 Å². The summed E-state index contributed by atoms with van der Waals surface area (Å²) in [5.41, 5.74) is 6.07. The van der Waals surface area contributed by atoms with E-state index in [9.17, 15) is 8.42 Å². The molecule has 20 heavy (non-hydrogen) atoms. The lowest BCUT2D eigenvalue weighted by Gasteiger charge is -2.24. The molecule has 0 saturated heterocycles. The van der Waals surface area contributed by atoms with Gasteiger partial charge in [-0.25, -0.2) is 8.42 Å². The second-order valence-corrected chi connectivity index (χ2v) is 6.78. The minimum absolute atomic E-state index is 0.142. The van der Waals surface area contributed by atoms with Gasteiger partial charge in [-0.2, -0.15) is 4.31 Å². The molecule has 0 aliphatic heterocycles. The van der Waals surface area contributed by atoms with Crippen molar-refractivity contribution in [2.45, 2.75) is 32.1 Å². The Bertz CT molecular complexity index is 543. The number of hydrogen-bond acceptors (Lipinski definition) is 4. The SMILES string of the molecule is CCC(C)CN(CC)S(=O)(=O)c1ccc(OC)cc1N. The molecule has 5 nitrogen and oxygen atoms in total.